The van der Waals surface area contributed by atoms with Crippen LogP contribution in [0, 0.1) is 6.92 Å². The summed E-state index contributed by atoms with van der Waals surface area (Å²) < 4.78 is 32.7. The highest BCUT2D eigenvalue weighted by molar-refractivity contribution is 7.89. The van der Waals surface area contributed by atoms with Crippen LogP contribution in [0.25, 0.3) is 0 Å². The number of alkyl halides is 1. The molecule has 19 heavy (non-hydrogen) atoms. The maximum Gasteiger partial charge on any atom is 0.244 e. The molecule has 7 heteroatoms. The average molecular weight is 324 g/mol. The fraction of sp³-hybridized carbons (Fsp3) is 0.667. The van der Waals surface area contributed by atoms with Gasteiger partial charge in [-0.1, -0.05) is 0 Å². The smallest absolute Gasteiger partial charge is 0.244 e. The molecule has 1 saturated heterocycles. The van der Waals surface area contributed by atoms with Gasteiger partial charge < -0.3 is 4.74 Å². The van der Waals surface area contributed by atoms with Gasteiger partial charge in [0.2, 0.25) is 10.0 Å². The summed E-state index contributed by atoms with van der Waals surface area (Å²) in [5, 5.41) is 1.85. The Morgan fingerprint density at radius 1 is 1.53 bits per heavy atom. The van der Waals surface area contributed by atoms with Crippen molar-refractivity contribution < 1.29 is 13.2 Å². The third-order valence-corrected chi connectivity index (χ3v) is 7.10. The van der Waals surface area contributed by atoms with E-state index in [2.05, 4.69) is 0 Å². The summed E-state index contributed by atoms with van der Waals surface area (Å²) in [6.45, 7) is 6.39. The first kappa shape index (κ1) is 15.3. The molecule has 2 atom stereocenters. The molecule has 0 radical (unpaired) electrons. The molecule has 0 aromatic carbocycles. The number of ether oxygens (including phenoxy) is 1. The van der Waals surface area contributed by atoms with Crippen molar-refractivity contribution in [3.63, 3.8) is 0 Å². The molecule has 4 nitrogen and oxygen atoms in total. The fourth-order valence-corrected chi connectivity index (χ4v) is 5.96. The molecule has 0 saturated carbocycles. The number of rotatable bonds is 3. The number of hydrogen-bond acceptors (Lipinski definition) is 4. The third kappa shape index (κ3) is 2.83. The summed E-state index contributed by atoms with van der Waals surface area (Å²) in [4.78, 5) is 1.10. The van der Waals surface area contributed by atoms with Crippen LogP contribution in [0.2, 0.25) is 0 Å². The van der Waals surface area contributed by atoms with Gasteiger partial charge >= 0.3 is 0 Å². The lowest BCUT2D eigenvalue weighted by Crippen LogP contribution is -2.50. The molecule has 1 aliphatic rings. The Bertz CT molecular complexity index is 555. The van der Waals surface area contributed by atoms with E-state index in [1.54, 1.807) is 0 Å². The van der Waals surface area contributed by atoms with E-state index >= 15 is 0 Å². The minimum Gasteiger partial charge on any atom is -0.375 e. The van der Waals surface area contributed by atoms with Crippen molar-refractivity contribution in [2.45, 2.75) is 43.7 Å². The van der Waals surface area contributed by atoms with Gasteiger partial charge in [0.25, 0.3) is 0 Å². The Balaban J connectivity index is 2.44. The highest BCUT2D eigenvalue weighted by atomic mass is 35.5. The zero-order valence-electron chi connectivity index (χ0n) is 11.2. The average Bonchev–Trinajstić information content (AvgIpc) is 2.74. The first-order valence-corrected chi connectivity index (χ1v) is 8.99. The molecule has 2 rings (SSSR count). The normalized spacial score (nSPS) is 25.7. The van der Waals surface area contributed by atoms with Crippen molar-refractivity contribution in [3.05, 3.63) is 15.8 Å². The number of sulfonamides is 1. The predicted octanol–water partition coefficient (Wildman–Crippen LogP) is 2.59. The fourth-order valence-electron chi connectivity index (χ4n) is 2.25. The molecular formula is C12H18ClNO3S2. The van der Waals surface area contributed by atoms with Crippen molar-refractivity contribution in [3.8, 4) is 0 Å². The number of halogens is 1. The van der Waals surface area contributed by atoms with E-state index in [-0.39, 0.29) is 18.0 Å². The Labute approximate surface area is 123 Å². The quantitative estimate of drug-likeness (QED) is 0.803. The molecule has 2 heterocycles. The molecule has 2 unspecified atom stereocenters. The Morgan fingerprint density at radius 2 is 2.21 bits per heavy atom. The highest BCUT2D eigenvalue weighted by Crippen LogP contribution is 2.32. The van der Waals surface area contributed by atoms with E-state index < -0.39 is 10.0 Å². The van der Waals surface area contributed by atoms with Gasteiger partial charge in [-0.05, 0) is 31.7 Å². The molecule has 1 aromatic rings. The molecular weight excluding hydrogens is 306 g/mol. The Morgan fingerprint density at radius 3 is 2.84 bits per heavy atom. The van der Waals surface area contributed by atoms with Crippen LogP contribution < -0.4 is 0 Å². The zero-order chi connectivity index (χ0) is 14.2. The summed E-state index contributed by atoms with van der Waals surface area (Å²) in [7, 11) is -3.49. The van der Waals surface area contributed by atoms with E-state index in [1.807, 2.05) is 26.2 Å². The molecule has 0 amide bonds. The zero-order valence-corrected chi connectivity index (χ0v) is 13.6. The lowest BCUT2D eigenvalue weighted by Gasteiger charge is -2.35. The van der Waals surface area contributed by atoms with E-state index in [4.69, 9.17) is 16.3 Å². The number of hydrogen-bond donors (Lipinski definition) is 0. The maximum absolute atomic E-state index is 12.8. The Kier molecular flexibility index (Phi) is 4.57. The standard InChI is InChI=1S/C12H18ClNO3S2/c1-8-7-18-11(4-13)12(8)19(15,16)14-5-10(3)17-6-9(14)2/h7,9-10H,4-6H2,1-3H3. The topological polar surface area (TPSA) is 46.6 Å². The van der Waals surface area contributed by atoms with E-state index in [0.717, 1.165) is 5.56 Å². The van der Waals surface area contributed by atoms with Crippen molar-refractivity contribution in [1.29, 1.82) is 0 Å². The molecule has 108 valence electrons. The second kappa shape index (κ2) is 5.69. The van der Waals surface area contributed by atoms with E-state index in [1.165, 1.54) is 15.6 Å². The molecule has 0 bridgehead atoms. The van der Waals surface area contributed by atoms with Crippen LogP contribution in [-0.4, -0.2) is 38.0 Å². The molecule has 0 aliphatic carbocycles. The lowest BCUT2D eigenvalue weighted by molar-refractivity contribution is -0.0170. The van der Waals surface area contributed by atoms with E-state index in [9.17, 15) is 8.42 Å². The molecule has 1 aliphatic heterocycles. The van der Waals surface area contributed by atoms with Crippen molar-refractivity contribution in [1.82, 2.24) is 4.31 Å². The van der Waals surface area contributed by atoms with Gasteiger partial charge in [-0.25, -0.2) is 8.42 Å². The second-order valence-electron chi connectivity index (χ2n) is 4.87. The number of thiophene rings is 1. The molecule has 1 aromatic heterocycles. The van der Waals surface area contributed by atoms with Gasteiger partial charge in [0.1, 0.15) is 4.90 Å². The van der Waals surface area contributed by atoms with Gasteiger partial charge in [-0.2, -0.15) is 4.31 Å². The third-order valence-electron chi connectivity index (χ3n) is 3.23. The second-order valence-corrected chi connectivity index (χ2v) is 7.93. The SMILES string of the molecule is Cc1csc(CCl)c1S(=O)(=O)N1CC(C)OCC1C. The Hall–Kier alpha value is -0.140. The minimum atomic E-state index is -3.49. The van der Waals surface area contributed by atoms with Crippen molar-refractivity contribution in [2.24, 2.45) is 0 Å². The maximum atomic E-state index is 12.8. The molecule has 1 fully saturated rings. The number of aryl methyl sites for hydroxylation is 1. The van der Waals surface area contributed by atoms with Crippen LogP contribution >= 0.6 is 22.9 Å². The van der Waals surface area contributed by atoms with Crippen LogP contribution in [0.5, 0.6) is 0 Å². The van der Waals surface area contributed by atoms with Crippen molar-refractivity contribution in [2.75, 3.05) is 13.2 Å². The van der Waals surface area contributed by atoms with Crippen LogP contribution in [0.15, 0.2) is 10.3 Å². The van der Waals surface area contributed by atoms with Crippen LogP contribution in [-0.2, 0) is 20.6 Å². The van der Waals surface area contributed by atoms with Gasteiger partial charge in [-0.3, -0.25) is 0 Å². The van der Waals surface area contributed by atoms with Crippen LogP contribution in [0.3, 0.4) is 0 Å². The lowest BCUT2D eigenvalue weighted by atomic mass is 10.2. The summed E-state index contributed by atoms with van der Waals surface area (Å²) in [5.41, 5.74) is 0.770. The van der Waals surface area contributed by atoms with E-state index in [0.29, 0.717) is 22.9 Å². The van der Waals surface area contributed by atoms with Gasteiger partial charge in [0.15, 0.2) is 0 Å². The van der Waals surface area contributed by atoms with Gasteiger partial charge in [0.05, 0.1) is 18.6 Å². The first-order valence-electron chi connectivity index (χ1n) is 6.14. The van der Waals surface area contributed by atoms with Crippen LogP contribution in [0.4, 0.5) is 0 Å². The summed E-state index contributed by atoms with van der Waals surface area (Å²) in [5.74, 6) is 0.224. The van der Waals surface area contributed by atoms with Crippen molar-refractivity contribution >= 4 is 33.0 Å². The minimum absolute atomic E-state index is 0.0793. The molecule has 0 N–H and O–H groups in total. The monoisotopic (exact) mass is 323 g/mol. The van der Waals surface area contributed by atoms with Gasteiger partial charge in [0, 0.05) is 17.5 Å². The van der Waals surface area contributed by atoms with Crippen LogP contribution in [0.1, 0.15) is 24.3 Å². The highest BCUT2D eigenvalue weighted by Gasteiger charge is 2.36. The molecule has 0 spiro atoms. The summed E-state index contributed by atoms with van der Waals surface area (Å²) in [6, 6.07) is -0.149. The van der Waals surface area contributed by atoms with Gasteiger partial charge in [-0.15, -0.1) is 22.9 Å². The largest absolute Gasteiger partial charge is 0.375 e. The number of morpholine rings is 1. The predicted molar refractivity (Wildman–Crippen MR) is 77.4 cm³/mol. The summed E-state index contributed by atoms with van der Waals surface area (Å²) in [6.07, 6.45) is -0.0793. The first-order chi connectivity index (χ1) is 8.87. The summed E-state index contributed by atoms with van der Waals surface area (Å²) >= 11 is 7.26. The number of nitrogens with zero attached hydrogens (tertiary/aromatic N) is 1.